The molecule has 2 fully saturated rings. The topological polar surface area (TPSA) is 75.7 Å². The number of halogens is 1. The standard InChI is InChI=1S/C14H18N2O4S.ClH/c1-20-14(17)10-2-4-13(5-3-10)21(18,19)16-8-11-6-15-7-12(11)9-16;/h2-5,11-12,15H,6-9H2,1H3;1H/t11-,12+;. The summed E-state index contributed by atoms with van der Waals surface area (Å²) < 4.78 is 31.4. The van der Waals surface area contributed by atoms with Gasteiger partial charge >= 0.3 is 5.97 Å². The average Bonchev–Trinajstić information content (AvgIpc) is 3.08. The van der Waals surface area contributed by atoms with Gasteiger partial charge in [-0.05, 0) is 49.2 Å². The number of fused-ring (bicyclic) bond motifs is 1. The molecule has 0 spiro atoms. The van der Waals surface area contributed by atoms with Gasteiger partial charge in [0.05, 0.1) is 17.6 Å². The van der Waals surface area contributed by atoms with E-state index in [1.807, 2.05) is 0 Å². The highest BCUT2D eigenvalue weighted by molar-refractivity contribution is 7.89. The Morgan fingerprint density at radius 3 is 2.23 bits per heavy atom. The molecule has 2 aliphatic rings. The first-order valence-corrected chi connectivity index (χ1v) is 8.35. The third-order valence-corrected chi connectivity index (χ3v) is 6.12. The van der Waals surface area contributed by atoms with Crippen LogP contribution in [0.5, 0.6) is 0 Å². The summed E-state index contributed by atoms with van der Waals surface area (Å²) in [7, 11) is -2.18. The van der Waals surface area contributed by atoms with Gasteiger partial charge in [0.2, 0.25) is 10.0 Å². The molecule has 2 saturated heterocycles. The van der Waals surface area contributed by atoms with Gasteiger partial charge in [-0.25, -0.2) is 13.2 Å². The molecule has 0 radical (unpaired) electrons. The number of sulfonamides is 1. The number of nitrogens with one attached hydrogen (secondary N) is 1. The van der Waals surface area contributed by atoms with Gasteiger partial charge in [-0.3, -0.25) is 0 Å². The van der Waals surface area contributed by atoms with Crippen LogP contribution in [-0.2, 0) is 14.8 Å². The number of ether oxygens (including phenoxy) is 1. The lowest BCUT2D eigenvalue weighted by atomic mass is 10.0. The summed E-state index contributed by atoms with van der Waals surface area (Å²) in [4.78, 5) is 11.6. The van der Waals surface area contributed by atoms with Crippen LogP contribution in [0.1, 0.15) is 10.4 Å². The van der Waals surface area contributed by atoms with Crippen LogP contribution in [0, 0.1) is 11.8 Å². The highest BCUT2D eigenvalue weighted by Gasteiger charge is 2.41. The number of hydrogen-bond donors (Lipinski definition) is 1. The van der Waals surface area contributed by atoms with Gasteiger partial charge < -0.3 is 10.1 Å². The summed E-state index contributed by atoms with van der Waals surface area (Å²) in [5.74, 6) is 0.351. The molecular formula is C14H19ClN2O4S. The number of methoxy groups -OCH3 is 1. The quantitative estimate of drug-likeness (QED) is 0.817. The third-order valence-electron chi connectivity index (χ3n) is 4.27. The maximum absolute atomic E-state index is 12.6. The predicted octanol–water partition coefficient (Wildman–Crippen LogP) is 0.735. The van der Waals surface area contributed by atoms with E-state index in [4.69, 9.17) is 0 Å². The van der Waals surface area contributed by atoms with Gasteiger partial charge in [-0.15, -0.1) is 12.4 Å². The minimum Gasteiger partial charge on any atom is -0.465 e. The van der Waals surface area contributed by atoms with E-state index in [0.29, 0.717) is 30.5 Å². The molecule has 2 atom stereocenters. The second-order valence-electron chi connectivity index (χ2n) is 5.52. The lowest BCUT2D eigenvalue weighted by Crippen LogP contribution is -2.31. The van der Waals surface area contributed by atoms with Crippen LogP contribution < -0.4 is 5.32 Å². The Morgan fingerprint density at radius 2 is 1.73 bits per heavy atom. The Kier molecular flexibility index (Phi) is 5.11. The second-order valence-corrected chi connectivity index (χ2v) is 7.45. The highest BCUT2D eigenvalue weighted by atomic mass is 35.5. The van der Waals surface area contributed by atoms with Crippen LogP contribution in [0.4, 0.5) is 0 Å². The monoisotopic (exact) mass is 346 g/mol. The van der Waals surface area contributed by atoms with Gasteiger partial charge in [0, 0.05) is 13.1 Å². The number of rotatable bonds is 3. The molecule has 0 saturated carbocycles. The Bertz CT molecular complexity index is 635. The molecule has 0 aromatic heterocycles. The van der Waals surface area contributed by atoms with Crippen molar-refractivity contribution in [3.8, 4) is 0 Å². The highest BCUT2D eigenvalue weighted by Crippen LogP contribution is 2.30. The van der Waals surface area contributed by atoms with Crippen molar-refractivity contribution in [2.45, 2.75) is 4.90 Å². The molecule has 122 valence electrons. The average molecular weight is 347 g/mol. The zero-order valence-corrected chi connectivity index (χ0v) is 13.8. The van der Waals surface area contributed by atoms with Crippen LogP contribution in [-0.4, -0.2) is 52.0 Å². The van der Waals surface area contributed by atoms with Crippen molar-refractivity contribution in [3.05, 3.63) is 29.8 Å². The summed E-state index contributed by atoms with van der Waals surface area (Å²) in [6, 6.07) is 5.90. The SMILES string of the molecule is COC(=O)c1ccc(S(=O)(=O)N2C[C@H]3CNC[C@H]3C2)cc1.Cl. The Morgan fingerprint density at radius 1 is 1.18 bits per heavy atom. The van der Waals surface area contributed by atoms with E-state index in [9.17, 15) is 13.2 Å². The molecule has 1 N–H and O–H groups in total. The number of carbonyl (C=O) groups is 1. The first kappa shape index (κ1) is 17.2. The van der Waals surface area contributed by atoms with Gasteiger partial charge in [0.25, 0.3) is 0 Å². The molecule has 0 amide bonds. The molecule has 0 aliphatic carbocycles. The summed E-state index contributed by atoms with van der Waals surface area (Å²) in [6.07, 6.45) is 0. The number of hydrogen-bond acceptors (Lipinski definition) is 5. The zero-order chi connectivity index (χ0) is 15.0. The number of esters is 1. The summed E-state index contributed by atoms with van der Waals surface area (Å²) in [6.45, 7) is 2.91. The van der Waals surface area contributed by atoms with E-state index in [1.54, 1.807) is 4.31 Å². The molecule has 1 aromatic rings. The van der Waals surface area contributed by atoms with Crippen molar-refractivity contribution in [3.63, 3.8) is 0 Å². The summed E-state index contributed by atoms with van der Waals surface area (Å²) >= 11 is 0. The molecule has 3 rings (SSSR count). The molecular weight excluding hydrogens is 328 g/mol. The van der Waals surface area contributed by atoms with E-state index in [0.717, 1.165) is 13.1 Å². The van der Waals surface area contributed by atoms with Crippen LogP contribution >= 0.6 is 12.4 Å². The van der Waals surface area contributed by atoms with Gasteiger partial charge in [0.15, 0.2) is 0 Å². The molecule has 0 unspecified atom stereocenters. The van der Waals surface area contributed by atoms with Gasteiger partial charge in [0.1, 0.15) is 0 Å². The number of benzene rings is 1. The minimum absolute atomic E-state index is 0. The normalized spacial score (nSPS) is 24.6. The lowest BCUT2D eigenvalue weighted by Gasteiger charge is -2.17. The van der Waals surface area contributed by atoms with Crippen molar-refractivity contribution in [2.75, 3.05) is 33.3 Å². The number of carbonyl (C=O) groups excluding carboxylic acids is 1. The molecule has 8 heteroatoms. The van der Waals surface area contributed by atoms with E-state index < -0.39 is 16.0 Å². The van der Waals surface area contributed by atoms with Gasteiger partial charge in [-0.2, -0.15) is 4.31 Å². The van der Waals surface area contributed by atoms with Crippen LogP contribution in [0.15, 0.2) is 29.2 Å². The Labute approximate surface area is 136 Å². The third kappa shape index (κ3) is 2.99. The fourth-order valence-electron chi connectivity index (χ4n) is 3.04. The maximum Gasteiger partial charge on any atom is 0.337 e. The first-order valence-electron chi connectivity index (χ1n) is 6.91. The minimum atomic E-state index is -3.48. The largest absolute Gasteiger partial charge is 0.465 e. The molecule has 2 aliphatic heterocycles. The molecule has 2 heterocycles. The first-order chi connectivity index (χ1) is 10.0. The predicted molar refractivity (Wildman–Crippen MR) is 83.6 cm³/mol. The Balaban J connectivity index is 0.00000176. The zero-order valence-electron chi connectivity index (χ0n) is 12.2. The summed E-state index contributed by atoms with van der Waals surface area (Å²) in [5, 5.41) is 3.29. The second kappa shape index (κ2) is 6.54. The summed E-state index contributed by atoms with van der Waals surface area (Å²) in [5.41, 5.74) is 0.346. The molecule has 6 nitrogen and oxygen atoms in total. The van der Waals surface area contributed by atoms with E-state index >= 15 is 0 Å². The van der Waals surface area contributed by atoms with E-state index in [2.05, 4.69) is 10.1 Å². The smallest absolute Gasteiger partial charge is 0.337 e. The molecule has 1 aromatic carbocycles. The van der Waals surface area contributed by atoms with Gasteiger partial charge in [-0.1, -0.05) is 0 Å². The lowest BCUT2D eigenvalue weighted by molar-refractivity contribution is 0.0600. The Hall–Kier alpha value is -1.15. The molecule has 0 bridgehead atoms. The van der Waals surface area contributed by atoms with Crippen LogP contribution in [0.3, 0.4) is 0 Å². The fourth-order valence-corrected chi connectivity index (χ4v) is 4.59. The van der Waals surface area contributed by atoms with E-state index in [1.165, 1.54) is 31.4 Å². The fraction of sp³-hybridized carbons (Fsp3) is 0.500. The van der Waals surface area contributed by atoms with Crippen molar-refractivity contribution in [2.24, 2.45) is 11.8 Å². The maximum atomic E-state index is 12.6. The number of nitrogens with zero attached hydrogens (tertiary/aromatic N) is 1. The van der Waals surface area contributed by atoms with Crippen molar-refractivity contribution < 1.29 is 17.9 Å². The van der Waals surface area contributed by atoms with Crippen LogP contribution in [0.2, 0.25) is 0 Å². The van der Waals surface area contributed by atoms with Crippen molar-refractivity contribution in [1.29, 1.82) is 0 Å². The van der Waals surface area contributed by atoms with Crippen LogP contribution in [0.25, 0.3) is 0 Å². The van der Waals surface area contributed by atoms with E-state index in [-0.39, 0.29) is 17.3 Å². The van der Waals surface area contributed by atoms with Crippen molar-refractivity contribution in [1.82, 2.24) is 9.62 Å². The molecule has 22 heavy (non-hydrogen) atoms. The van der Waals surface area contributed by atoms with Crippen molar-refractivity contribution >= 4 is 28.4 Å².